The largest absolute Gasteiger partial charge is 0.466 e. The number of benzene rings is 1. The average Bonchev–Trinajstić information content (AvgIpc) is 3.30. The molecule has 0 saturated heterocycles. The molecule has 1 aliphatic heterocycles. The molecule has 0 unspecified atom stereocenters. The second-order valence-corrected chi connectivity index (χ2v) is 9.77. The fourth-order valence-electron chi connectivity index (χ4n) is 4.28. The molecule has 2 heterocycles. The number of H-pyrrole nitrogens is 1. The summed E-state index contributed by atoms with van der Waals surface area (Å²) in [6.07, 6.45) is 3.89. The fourth-order valence-corrected chi connectivity index (χ4v) is 5.03. The molecule has 10 heteroatoms. The van der Waals surface area contributed by atoms with E-state index < -0.39 is 10.0 Å². The number of rotatable bonds is 7. The number of carbonyl (C=O) groups is 3. The molecular weight excluding hydrogens is 446 g/mol. The third kappa shape index (κ3) is 4.36. The third-order valence-electron chi connectivity index (χ3n) is 5.85. The summed E-state index contributed by atoms with van der Waals surface area (Å²) in [5.41, 5.74) is 3.86. The number of carbonyl (C=O) groups excluding carboxylic acids is 3. The van der Waals surface area contributed by atoms with Gasteiger partial charge >= 0.3 is 5.97 Å². The zero-order valence-electron chi connectivity index (χ0n) is 18.4. The Hall–Kier alpha value is -3.24. The van der Waals surface area contributed by atoms with Gasteiger partial charge in [-0.25, -0.2) is 13.1 Å². The Morgan fingerprint density at radius 1 is 1.24 bits per heavy atom. The number of esters is 1. The quantitative estimate of drug-likeness (QED) is 0.419. The van der Waals surface area contributed by atoms with Crippen LogP contribution in [0.4, 0.5) is 5.69 Å². The van der Waals surface area contributed by atoms with Crippen molar-refractivity contribution in [3.05, 3.63) is 46.3 Å². The summed E-state index contributed by atoms with van der Waals surface area (Å²) in [5, 5.41) is 2.74. The lowest BCUT2D eigenvalue weighted by Gasteiger charge is -2.11. The molecular formula is C23H25N3O6S. The van der Waals surface area contributed by atoms with Gasteiger partial charge in [-0.05, 0) is 63.1 Å². The van der Waals surface area contributed by atoms with Crippen molar-refractivity contribution in [1.29, 1.82) is 0 Å². The SMILES string of the molecule is CCOC(=O)CCc1c(C=C2C(=O)Nc3ccc(S(=O)(=O)NC)cc32)[nH]c2c1C(=O)CCC2. The van der Waals surface area contributed by atoms with E-state index in [2.05, 4.69) is 15.0 Å². The normalized spacial score (nSPS) is 16.5. The maximum Gasteiger partial charge on any atom is 0.306 e. The lowest BCUT2D eigenvalue weighted by atomic mass is 9.91. The van der Waals surface area contributed by atoms with Crippen LogP contribution in [-0.2, 0) is 37.2 Å². The van der Waals surface area contributed by atoms with Crippen molar-refractivity contribution in [2.75, 3.05) is 19.0 Å². The minimum absolute atomic E-state index is 0.00897. The van der Waals surface area contributed by atoms with Gasteiger partial charge < -0.3 is 15.0 Å². The Morgan fingerprint density at radius 3 is 2.76 bits per heavy atom. The number of ketones is 1. The number of aromatic nitrogens is 1. The second-order valence-electron chi connectivity index (χ2n) is 7.88. The highest BCUT2D eigenvalue weighted by molar-refractivity contribution is 7.89. The van der Waals surface area contributed by atoms with E-state index in [4.69, 9.17) is 4.74 Å². The Balaban J connectivity index is 1.80. The van der Waals surface area contributed by atoms with Crippen LogP contribution in [0.1, 0.15) is 59.1 Å². The van der Waals surface area contributed by atoms with Crippen LogP contribution < -0.4 is 10.0 Å². The van der Waals surface area contributed by atoms with Crippen molar-refractivity contribution >= 4 is 45.0 Å². The van der Waals surface area contributed by atoms with Crippen LogP contribution in [0.2, 0.25) is 0 Å². The first-order valence-electron chi connectivity index (χ1n) is 10.8. The molecule has 2 aromatic rings. The summed E-state index contributed by atoms with van der Waals surface area (Å²) in [7, 11) is -2.38. The number of aryl methyl sites for hydroxylation is 1. The molecule has 3 N–H and O–H groups in total. The van der Waals surface area contributed by atoms with E-state index in [-0.39, 0.29) is 47.6 Å². The molecule has 1 aliphatic carbocycles. The standard InChI is InChI=1S/C23H25N3O6S/c1-3-32-21(28)10-8-14-19(25-18-5-4-6-20(27)22(14)18)12-16-15-11-13(33(30,31)24-2)7-9-17(15)26-23(16)29/h7,9,11-12,24-25H,3-6,8,10H2,1-2H3,(H,26,29). The number of anilines is 1. The molecule has 1 aromatic carbocycles. The molecule has 0 radical (unpaired) electrons. The number of aromatic amines is 1. The Bertz CT molecular complexity index is 1290. The first-order valence-corrected chi connectivity index (χ1v) is 12.3. The summed E-state index contributed by atoms with van der Waals surface area (Å²) in [4.78, 5) is 40.7. The van der Waals surface area contributed by atoms with Crippen LogP contribution in [0.5, 0.6) is 0 Å². The summed E-state index contributed by atoms with van der Waals surface area (Å²) < 4.78 is 31.8. The van der Waals surface area contributed by atoms with Crippen molar-refractivity contribution in [2.45, 2.75) is 43.9 Å². The average molecular weight is 472 g/mol. The van der Waals surface area contributed by atoms with Gasteiger partial charge in [-0.2, -0.15) is 0 Å². The van der Waals surface area contributed by atoms with Crippen molar-refractivity contribution < 1.29 is 27.5 Å². The number of hydrogen-bond acceptors (Lipinski definition) is 6. The van der Waals surface area contributed by atoms with Crippen molar-refractivity contribution in [2.24, 2.45) is 0 Å². The van der Waals surface area contributed by atoms with Gasteiger partial charge in [0.05, 0.1) is 17.1 Å². The molecule has 0 atom stereocenters. The maximum absolute atomic E-state index is 12.7. The lowest BCUT2D eigenvalue weighted by molar-refractivity contribution is -0.143. The lowest BCUT2D eigenvalue weighted by Crippen LogP contribution is -2.18. The first kappa shape index (κ1) is 22.9. The van der Waals surface area contributed by atoms with Crippen molar-refractivity contribution in [1.82, 2.24) is 9.71 Å². The van der Waals surface area contributed by atoms with E-state index in [1.807, 2.05) is 0 Å². The molecule has 9 nitrogen and oxygen atoms in total. The fraction of sp³-hybridized carbons (Fsp3) is 0.348. The molecule has 4 rings (SSSR count). The Kier molecular flexibility index (Phi) is 6.22. The van der Waals surface area contributed by atoms with Crippen LogP contribution >= 0.6 is 0 Å². The monoisotopic (exact) mass is 471 g/mol. The predicted molar refractivity (Wildman–Crippen MR) is 122 cm³/mol. The van der Waals surface area contributed by atoms with E-state index in [9.17, 15) is 22.8 Å². The third-order valence-corrected chi connectivity index (χ3v) is 7.26. The molecule has 0 spiro atoms. The van der Waals surface area contributed by atoms with Gasteiger partial charge in [-0.3, -0.25) is 14.4 Å². The molecule has 0 saturated carbocycles. The van der Waals surface area contributed by atoms with Gasteiger partial charge in [0, 0.05) is 41.0 Å². The van der Waals surface area contributed by atoms with Gasteiger partial charge in [0.2, 0.25) is 10.0 Å². The first-order chi connectivity index (χ1) is 15.7. The van der Waals surface area contributed by atoms with Crippen LogP contribution in [0.25, 0.3) is 11.6 Å². The number of ether oxygens (including phenoxy) is 1. The molecule has 174 valence electrons. The highest BCUT2D eigenvalue weighted by atomic mass is 32.2. The molecule has 1 amide bonds. The van der Waals surface area contributed by atoms with Crippen LogP contribution in [-0.4, -0.2) is 44.7 Å². The summed E-state index contributed by atoms with van der Waals surface area (Å²) in [6, 6.07) is 4.41. The van der Waals surface area contributed by atoms with Gasteiger partial charge in [-0.1, -0.05) is 0 Å². The minimum atomic E-state index is -3.70. The van der Waals surface area contributed by atoms with Gasteiger partial charge in [0.1, 0.15) is 0 Å². The van der Waals surface area contributed by atoms with E-state index in [0.29, 0.717) is 40.9 Å². The topological polar surface area (TPSA) is 134 Å². The number of Topliss-reactive ketones (excluding diaryl/α,β-unsaturated/α-hetero) is 1. The minimum Gasteiger partial charge on any atom is -0.466 e. The number of sulfonamides is 1. The van der Waals surface area contributed by atoms with Crippen LogP contribution in [0.3, 0.4) is 0 Å². The zero-order valence-corrected chi connectivity index (χ0v) is 19.2. The predicted octanol–water partition coefficient (Wildman–Crippen LogP) is 2.43. The molecule has 0 bridgehead atoms. The highest BCUT2D eigenvalue weighted by Crippen LogP contribution is 2.36. The number of amides is 1. The van der Waals surface area contributed by atoms with Gasteiger partial charge in [-0.15, -0.1) is 0 Å². The smallest absolute Gasteiger partial charge is 0.306 e. The van der Waals surface area contributed by atoms with Crippen LogP contribution in [0.15, 0.2) is 23.1 Å². The summed E-state index contributed by atoms with van der Waals surface area (Å²) >= 11 is 0. The summed E-state index contributed by atoms with van der Waals surface area (Å²) in [5.74, 6) is -0.728. The Morgan fingerprint density at radius 2 is 2.03 bits per heavy atom. The van der Waals surface area contributed by atoms with E-state index in [1.165, 1.54) is 19.2 Å². The van der Waals surface area contributed by atoms with E-state index in [1.54, 1.807) is 19.1 Å². The van der Waals surface area contributed by atoms with Crippen LogP contribution in [0, 0.1) is 0 Å². The molecule has 1 aromatic heterocycles. The van der Waals surface area contributed by atoms with E-state index in [0.717, 1.165) is 12.1 Å². The highest BCUT2D eigenvalue weighted by Gasteiger charge is 2.29. The van der Waals surface area contributed by atoms with E-state index >= 15 is 0 Å². The second kappa shape index (κ2) is 8.95. The number of nitrogens with one attached hydrogen (secondary N) is 3. The van der Waals surface area contributed by atoms with Gasteiger partial charge in [0.15, 0.2) is 5.78 Å². The summed E-state index contributed by atoms with van der Waals surface area (Å²) in [6.45, 7) is 2.00. The zero-order chi connectivity index (χ0) is 23.8. The van der Waals surface area contributed by atoms with Crippen molar-refractivity contribution in [3.63, 3.8) is 0 Å². The molecule has 2 aliphatic rings. The molecule has 33 heavy (non-hydrogen) atoms. The maximum atomic E-state index is 12.7. The van der Waals surface area contributed by atoms with Gasteiger partial charge in [0.25, 0.3) is 5.91 Å². The number of fused-ring (bicyclic) bond motifs is 2. The molecule has 0 fully saturated rings. The number of hydrogen-bond donors (Lipinski definition) is 3. The Labute approximate surface area is 191 Å². The van der Waals surface area contributed by atoms with Crippen molar-refractivity contribution in [3.8, 4) is 0 Å².